The van der Waals surface area contributed by atoms with E-state index in [0.29, 0.717) is 6.04 Å². The summed E-state index contributed by atoms with van der Waals surface area (Å²) in [6.45, 7) is 4.55. The van der Waals surface area contributed by atoms with Crippen molar-refractivity contribution in [3.63, 3.8) is 0 Å². The summed E-state index contributed by atoms with van der Waals surface area (Å²) >= 11 is 0. The van der Waals surface area contributed by atoms with E-state index in [9.17, 15) is 0 Å². The predicted molar refractivity (Wildman–Crippen MR) is 171 cm³/mol. The van der Waals surface area contributed by atoms with Crippen molar-refractivity contribution >= 4 is 28.4 Å². The zero-order chi connectivity index (χ0) is 27.3. The fraction of sp³-hybridized carbons (Fsp3) is 0.211. The van der Waals surface area contributed by atoms with Gasteiger partial charge in [-0.2, -0.15) is 0 Å². The van der Waals surface area contributed by atoms with Gasteiger partial charge in [0.25, 0.3) is 0 Å². The van der Waals surface area contributed by atoms with Crippen molar-refractivity contribution in [3.05, 3.63) is 139 Å². The molecular formula is C38H38N2. The number of para-hydroxylation sites is 2. The lowest BCUT2D eigenvalue weighted by Gasteiger charge is -2.38. The van der Waals surface area contributed by atoms with Crippen LogP contribution in [0.5, 0.6) is 0 Å². The first-order chi connectivity index (χ1) is 19.7. The van der Waals surface area contributed by atoms with Gasteiger partial charge in [0, 0.05) is 34.5 Å². The third kappa shape index (κ3) is 5.67. The Morgan fingerprint density at radius 2 is 1.05 bits per heavy atom. The van der Waals surface area contributed by atoms with E-state index in [0.717, 1.165) is 17.3 Å². The van der Waals surface area contributed by atoms with Crippen molar-refractivity contribution in [2.45, 2.75) is 45.6 Å². The third-order valence-electron chi connectivity index (χ3n) is 8.19. The lowest BCUT2D eigenvalue weighted by atomic mass is 9.85. The molecule has 2 unspecified atom stereocenters. The molecule has 0 bridgehead atoms. The molecule has 6 rings (SSSR count). The maximum Gasteiger partial charge on any atom is 0.0464 e. The monoisotopic (exact) mass is 522 g/mol. The Balaban J connectivity index is 1.29. The van der Waals surface area contributed by atoms with E-state index < -0.39 is 0 Å². The second kappa shape index (κ2) is 11.8. The summed E-state index contributed by atoms with van der Waals surface area (Å²) in [6, 6.07) is 48.9. The van der Waals surface area contributed by atoms with E-state index in [1.54, 1.807) is 0 Å². The molecule has 2 nitrogen and oxygen atoms in total. The molecule has 1 saturated carbocycles. The molecule has 40 heavy (non-hydrogen) atoms. The molecule has 0 aromatic heterocycles. The highest BCUT2D eigenvalue weighted by molar-refractivity contribution is 5.79. The van der Waals surface area contributed by atoms with Crippen LogP contribution in [0.2, 0.25) is 0 Å². The number of rotatable bonds is 7. The van der Waals surface area contributed by atoms with Crippen molar-refractivity contribution < 1.29 is 0 Å². The molecule has 200 valence electrons. The predicted octanol–water partition coefficient (Wildman–Crippen LogP) is 10.8. The Kier molecular flexibility index (Phi) is 7.68. The van der Waals surface area contributed by atoms with Crippen molar-refractivity contribution in [1.29, 1.82) is 0 Å². The molecule has 0 saturated heterocycles. The fourth-order valence-electron chi connectivity index (χ4n) is 6.20. The van der Waals surface area contributed by atoms with Crippen LogP contribution in [0.1, 0.15) is 38.2 Å². The van der Waals surface area contributed by atoms with Crippen LogP contribution in [-0.2, 0) is 0 Å². The number of nitrogens with zero attached hydrogens (tertiary/aromatic N) is 2. The van der Waals surface area contributed by atoms with Crippen molar-refractivity contribution in [3.8, 4) is 11.1 Å². The molecule has 1 aliphatic carbocycles. The molecule has 0 radical (unpaired) electrons. The molecule has 0 N–H and O–H groups in total. The molecule has 1 aliphatic rings. The van der Waals surface area contributed by atoms with Crippen molar-refractivity contribution in [1.82, 2.24) is 0 Å². The summed E-state index contributed by atoms with van der Waals surface area (Å²) in [7, 11) is 0. The summed E-state index contributed by atoms with van der Waals surface area (Å²) in [5.74, 6) is 0.776. The van der Waals surface area contributed by atoms with Gasteiger partial charge in [-0.15, -0.1) is 0 Å². The van der Waals surface area contributed by atoms with Crippen LogP contribution >= 0.6 is 0 Å². The van der Waals surface area contributed by atoms with Crippen molar-refractivity contribution in [2.24, 2.45) is 5.92 Å². The summed E-state index contributed by atoms with van der Waals surface area (Å²) < 4.78 is 0. The molecule has 0 amide bonds. The first-order valence-corrected chi connectivity index (χ1v) is 14.6. The average molecular weight is 523 g/mol. The van der Waals surface area contributed by atoms with Gasteiger partial charge in [-0.05, 0) is 103 Å². The Hall–Kier alpha value is -4.30. The largest absolute Gasteiger partial charge is 0.338 e. The minimum Gasteiger partial charge on any atom is -0.338 e. The van der Waals surface area contributed by atoms with Crippen LogP contribution in [0, 0.1) is 12.8 Å². The highest BCUT2D eigenvalue weighted by Gasteiger charge is 2.26. The van der Waals surface area contributed by atoms with Crippen LogP contribution in [0.15, 0.2) is 133 Å². The van der Waals surface area contributed by atoms with Gasteiger partial charge in [-0.25, -0.2) is 0 Å². The average Bonchev–Trinajstić information content (AvgIpc) is 3.00. The van der Waals surface area contributed by atoms with E-state index in [-0.39, 0.29) is 0 Å². The number of hydrogen-bond donors (Lipinski definition) is 0. The number of benzene rings is 5. The number of aryl methyl sites for hydroxylation is 1. The van der Waals surface area contributed by atoms with Gasteiger partial charge in [0.05, 0.1) is 0 Å². The van der Waals surface area contributed by atoms with E-state index in [2.05, 4.69) is 157 Å². The third-order valence-corrected chi connectivity index (χ3v) is 8.19. The molecule has 5 aromatic rings. The molecule has 0 heterocycles. The molecule has 0 aliphatic heterocycles. The molecule has 5 aromatic carbocycles. The standard InChI is InChI=1S/C38H38N2/c1-29-11-9-17-37(27-29)39(33-13-5-3-6-14-33)35-23-19-31(20-24-35)32-21-25-36(26-22-32)40(34-15-7-4-8-16-34)38-18-10-12-30(2)28-38/h3-9,11,13-17,19-27,30,38H,10,12,18,28H2,1-2H3. The summed E-state index contributed by atoms with van der Waals surface area (Å²) in [4.78, 5) is 4.89. The van der Waals surface area contributed by atoms with Crippen LogP contribution in [0.25, 0.3) is 11.1 Å². The Labute approximate surface area is 239 Å². The SMILES string of the molecule is Cc1cccc(N(c2ccccc2)c2ccc(-c3ccc(N(c4ccccc4)C4CCCC(C)C4)cc3)cc2)c1. The molecule has 1 fully saturated rings. The van der Waals surface area contributed by atoms with Gasteiger partial charge >= 0.3 is 0 Å². The minimum absolute atomic E-state index is 0.543. The van der Waals surface area contributed by atoms with Crippen molar-refractivity contribution in [2.75, 3.05) is 9.80 Å². The molecule has 2 heteroatoms. The zero-order valence-corrected chi connectivity index (χ0v) is 23.6. The lowest BCUT2D eigenvalue weighted by molar-refractivity contribution is 0.341. The number of hydrogen-bond acceptors (Lipinski definition) is 2. The molecule has 0 spiro atoms. The van der Waals surface area contributed by atoms with Gasteiger partial charge < -0.3 is 9.80 Å². The fourth-order valence-corrected chi connectivity index (χ4v) is 6.20. The summed E-state index contributed by atoms with van der Waals surface area (Å²) in [5.41, 5.74) is 9.76. The normalized spacial score (nSPS) is 16.9. The van der Waals surface area contributed by atoms with E-state index in [1.807, 2.05) is 0 Å². The maximum absolute atomic E-state index is 2.57. The maximum atomic E-state index is 2.57. The Morgan fingerprint density at radius 1 is 0.525 bits per heavy atom. The summed E-state index contributed by atoms with van der Waals surface area (Å²) in [5, 5.41) is 0. The zero-order valence-electron chi connectivity index (χ0n) is 23.6. The van der Waals surface area contributed by atoms with Crippen LogP contribution in [-0.4, -0.2) is 6.04 Å². The highest BCUT2D eigenvalue weighted by atomic mass is 15.2. The Bertz CT molecular complexity index is 1510. The van der Waals surface area contributed by atoms with Gasteiger partial charge in [-0.3, -0.25) is 0 Å². The second-order valence-electron chi connectivity index (χ2n) is 11.2. The molecule has 2 atom stereocenters. The van der Waals surface area contributed by atoms with Crippen LogP contribution in [0.4, 0.5) is 28.4 Å². The molecular weight excluding hydrogens is 484 g/mol. The van der Waals surface area contributed by atoms with Crippen LogP contribution < -0.4 is 9.80 Å². The van der Waals surface area contributed by atoms with E-state index in [4.69, 9.17) is 0 Å². The second-order valence-corrected chi connectivity index (χ2v) is 11.2. The first kappa shape index (κ1) is 26.0. The van der Waals surface area contributed by atoms with Gasteiger partial charge in [0.1, 0.15) is 0 Å². The Morgan fingerprint density at radius 3 is 1.65 bits per heavy atom. The smallest absolute Gasteiger partial charge is 0.0464 e. The summed E-state index contributed by atoms with van der Waals surface area (Å²) in [6.07, 6.45) is 5.15. The number of anilines is 5. The van der Waals surface area contributed by atoms with Gasteiger partial charge in [0.15, 0.2) is 0 Å². The van der Waals surface area contributed by atoms with E-state index in [1.165, 1.54) is 59.4 Å². The van der Waals surface area contributed by atoms with Gasteiger partial charge in [0.2, 0.25) is 0 Å². The van der Waals surface area contributed by atoms with Crippen LogP contribution in [0.3, 0.4) is 0 Å². The topological polar surface area (TPSA) is 6.48 Å². The first-order valence-electron chi connectivity index (χ1n) is 14.6. The minimum atomic E-state index is 0.543. The highest BCUT2D eigenvalue weighted by Crippen LogP contribution is 2.38. The van der Waals surface area contributed by atoms with E-state index >= 15 is 0 Å². The van der Waals surface area contributed by atoms with Gasteiger partial charge in [-0.1, -0.05) is 92.6 Å². The quantitative estimate of drug-likeness (QED) is 0.210. The lowest BCUT2D eigenvalue weighted by Crippen LogP contribution is -2.35.